The molecule has 6 heteroatoms. The average molecular weight is 331 g/mol. The quantitative estimate of drug-likeness (QED) is 0.792. The fourth-order valence-electron chi connectivity index (χ4n) is 1.89. The Morgan fingerprint density at radius 2 is 1.75 bits per heavy atom. The molecule has 0 unspecified atom stereocenters. The number of benzene rings is 2. The maximum Gasteiger partial charge on any atom is 0.344 e. The van der Waals surface area contributed by atoms with Crippen molar-refractivity contribution in [3.05, 3.63) is 66.0 Å². The first-order chi connectivity index (χ1) is 11.5. The second-order valence-corrected chi connectivity index (χ2v) is 5.08. The Kier molecular flexibility index (Phi) is 6.31. The van der Waals surface area contributed by atoms with Crippen LogP contribution in [0.1, 0.15) is 12.5 Å². The van der Waals surface area contributed by atoms with E-state index in [1.54, 1.807) is 0 Å². The van der Waals surface area contributed by atoms with Crippen molar-refractivity contribution in [1.29, 1.82) is 0 Å². The van der Waals surface area contributed by atoms with E-state index in [1.807, 2.05) is 30.3 Å². The highest BCUT2D eigenvalue weighted by Gasteiger charge is 2.17. The molecular weight excluding hydrogens is 313 g/mol. The zero-order valence-electron chi connectivity index (χ0n) is 13.2. The van der Waals surface area contributed by atoms with Crippen molar-refractivity contribution in [2.75, 3.05) is 6.61 Å². The number of hydrogen-bond donors (Lipinski definition) is 1. The smallest absolute Gasteiger partial charge is 0.344 e. The summed E-state index contributed by atoms with van der Waals surface area (Å²) in [6.45, 7) is 1.48. The molecule has 5 nitrogen and oxygen atoms in total. The summed E-state index contributed by atoms with van der Waals surface area (Å²) in [7, 11) is 0. The molecule has 0 aliphatic carbocycles. The third-order valence-electron chi connectivity index (χ3n) is 3.16. The van der Waals surface area contributed by atoms with E-state index in [1.165, 1.54) is 31.2 Å². The molecule has 2 aromatic rings. The van der Waals surface area contributed by atoms with Crippen LogP contribution in [0, 0.1) is 5.82 Å². The molecule has 0 bridgehead atoms. The van der Waals surface area contributed by atoms with Gasteiger partial charge in [0.15, 0.2) is 12.7 Å². The molecule has 0 radical (unpaired) electrons. The number of nitrogens with one attached hydrogen (secondary N) is 1. The molecule has 24 heavy (non-hydrogen) atoms. The highest BCUT2D eigenvalue weighted by Crippen LogP contribution is 2.11. The van der Waals surface area contributed by atoms with Gasteiger partial charge in [0.1, 0.15) is 11.6 Å². The van der Waals surface area contributed by atoms with Crippen LogP contribution >= 0.6 is 0 Å². The van der Waals surface area contributed by atoms with E-state index in [-0.39, 0.29) is 6.61 Å². The number of rotatable bonds is 7. The number of carbonyl (C=O) groups is 2. The standard InChI is InChI=1S/C18H18FNO4/c1-13(18(22)20-11-14-5-3-2-4-6-14)24-17(21)12-23-16-9-7-15(19)8-10-16/h2-10,13H,11-12H2,1H3,(H,20,22)/t13-/m0/s1. The number of ether oxygens (including phenoxy) is 2. The van der Waals surface area contributed by atoms with Crippen LogP contribution in [0.5, 0.6) is 5.75 Å². The first kappa shape index (κ1) is 17.5. The fraction of sp³-hybridized carbons (Fsp3) is 0.222. The Labute approximate surface area is 139 Å². The summed E-state index contributed by atoms with van der Waals surface area (Å²) in [6.07, 6.45) is -0.932. The molecule has 0 fully saturated rings. The maximum atomic E-state index is 12.7. The first-order valence-corrected chi connectivity index (χ1v) is 7.44. The second-order valence-electron chi connectivity index (χ2n) is 5.08. The van der Waals surface area contributed by atoms with Crippen LogP contribution in [0.4, 0.5) is 4.39 Å². The number of hydrogen-bond acceptors (Lipinski definition) is 4. The van der Waals surface area contributed by atoms with Gasteiger partial charge in [-0.3, -0.25) is 4.79 Å². The van der Waals surface area contributed by atoms with Gasteiger partial charge in [-0.25, -0.2) is 9.18 Å². The summed E-state index contributed by atoms with van der Waals surface area (Å²) in [5.41, 5.74) is 0.948. The number of esters is 1. The number of carbonyl (C=O) groups excluding carboxylic acids is 2. The molecule has 2 rings (SSSR count). The molecule has 1 amide bonds. The Bertz CT molecular complexity index is 673. The summed E-state index contributed by atoms with van der Waals surface area (Å²) >= 11 is 0. The van der Waals surface area contributed by atoms with Crippen molar-refractivity contribution in [2.45, 2.75) is 19.6 Å². The highest BCUT2D eigenvalue weighted by molar-refractivity contribution is 5.83. The van der Waals surface area contributed by atoms with Gasteiger partial charge in [0.25, 0.3) is 5.91 Å². The van der Waals surface area contributed by atoms with E-state index in [2.05, 4.69) is 5.32 Å². The Morgan fingerprint density at radius 1 is 1.08 bits per heavy atom. The van der Waals surface area contributed by atoms with E-state index >= 15 is 0 Å². The topological polar surface area (TPSA) is 64.6 Å². The second kappa shape index (κ2) is 8.67. The van der Waals surface area contributed by atoms with Crippen LogP contribution in [-0.2, 0) is 20.9 Å². The first-order valence-electron chi connectivity index (χ1n) is 7.44. The molecule has 0 aromatic heterocycles. The van der Waals surface area contributed by atoms with Crippen LogP contribution in [0.25, 0.3) is 0 Å². The van der Waals surface area contributed by atoms with E-state index in [0.717, 1.165) is 5.56 Å². The molecule has 0 aliphatic heterocycles. The zero-order valence-corrected chi connectivity index (χ0v) is 13.2. The summed E-state index contributed by atoms with van der Waals surface area (Å²) in [5, 5.41) is 2.69. The highest BCUT2D eigenvalue weighted by atomic mass is 19.1. The van der Waals surface area contributed by atoms with Crippen LogP contribution in [0.2, 0.25) is 0 Å². The van der Waals surface area contributed by atoms with Crippen LogP contribution in [-0.4, -0.2) is 24.6 Å². The minimum absolute atomic E-state index is 0.342. The average Bonchev–Trinajstić information content (AvgIpc) is 2.60. The Hall–Kier alpha value is -2.89. The minimum Gasteiger partial charge on any atom is -0.482 e. The fourth-order valence-corrected chi connectivity index (χ4v) is 1.89. The lowest BCUT2D eigenvalue weighted by atomic mass is 10.2. The van der Waals surface area contributed by atoms with Gasteiger partial charge in [-0.05, 0) is 36.8 Å². The Balaban J connectivity index is 1.72. The van der Waals surface area contributed by atoms with E-state index in [4.69, 9.17) is 9.47 Å². The van der Waals surface area contributed by atoms with Gasteiger partial charge < -0.3 is 14.8 Å². The summed E-state index contributed by atoms with van der Waals surface area (Å²) in [5.74, 6) is -1.13. The van der Waals surface area contributed by atoms with Crippen molar-refractivity contribution in [3.8, 4) is 5.75 Å². The van der Waals surface area contributed by atoms with Gasteiger partial charge in [-0.1, -0.05) is 30.3 Å². The minimum atomic E-state index is -0.932. The molecule has 126 valence electrons. The molecule has 1 N–H and O–H groups in total. The summed E-state index contributed by atoms with van der Waals surface area (Å²) in [6, 6.07) is 14.6. The van der Waals surface area contributed by atoms with Crippen molar-refractivity contribution < 1.29 is 23.5 Å². The third-order valence-corrected chi connectivity index (χ3v) is 3.16. The lowest BCUT2D eigenvalue weighted by Crippen LogP contribution is -2.36. The predicted molar refractivity (Wildman–Crippen MR) is 85.7 cm³/mol. The van der Waals surface area contributed by atoms with Crippen LogP contribution in [0.15, 0.2) is 54.6 Å². The molecule has 1 atom stereocenters. The molecular formula is C18H18FNO4. The normalized spacial score (nSPS) is 11.4. The van der Waals surface area contributed by atoms with Crippen LogP contribution in [0.3, 0.4) is 0 Å². The predicted octanol–water partition coefficient (Wildman–Crippen LogP) is 2.45. The third kappa shape index (κ3) is 5.72. The van der Waals surface area contributed by atoms with Crippen molar-refractivity contribution in [1.82, 2.24) is 5.32 Å². The van der Waals surface area contributed by atoms with Gasteiger partial charge in [-0.2, -0.15) is 0 Å². The monoisotopic (exact) mass is 331 g/mol. The number of halogens is 1. The molecule has 0 saturated heterocycles. The van der Waals surface area contributed by atoms with Gasteiger partial charge in [-0.15, -0.1) is 0 Å². The molecule has 0 saturated carbocycles. The molecule has 0 heterocycles. The van der Waals surface area contributed by atoms with Gasteiger partial charge in [0.05, 0.1) is 0 Å². The Morgan fingerprint density at radius 3 is 2.42 bits per heavy atom. The SMILES string of the molecule is C[C@H](OC(=O)COc1ccc(F)cc1)C(=O)NCc1ccccc1. The summed E-state index contributed by atoms with van der Waals surface area (Å²) < 4.78 is 22.9. The molecule has 0 aliphatic rings. The van der Waals surface area contributed by atoms with Gasteiger partial charge >= 0.3 is 5.97 Å². The largest absolute Gasteiger partial charge is 0.482 e. The van der Waals surface area contributed by atoms with E-state index in [9.17, 15) is 14.0 Å². The number of amides is 1. The lowest BCUT2D eigenvalue weighted by molar-refractivity contribution is -0.156. The van der Waals surface area contributed by atoms with Gasteiger partial charge in [0.2, 0.25) is 0 Å². The molecule has 2 aromatic carbocycles. The zero-order chi connectivity index (χ0) is 17.4. The van der Waals surface area contributed by atoms with Crippen LogP contribution < -0.4 is 10.1 Å². The van der Waals surface area contributed by atoms with Crippen molar-refractivity contribution in [3.63, 3.8) is 0 Å². The van der Waals surface area contributed by atoms with Gasteiger partial charge in [0, 0.05) is 6.54 Å². The maximum absolute atomic E-state index is 12.7. The van der Waals surface area contributed by atoms with E-state index in [0.29, 0.717) is 12.3 Å². The van der Waals surface area contributed by atoms with Crippen molar-refractivity contribution >= 4 is 11.9 Å². The van der Waals surface area contributed by atoms with Crippen molar-refractivity contribution in [2.24, 2.45) is 0 Å². The molecule has 0 spiro atoms. The lowest BCUT2D eigenvalue weighted by Gasteiger charge is -2.14. The summed E-state index contributed by atoms with van der Waals surface area (Å²) in [4.78, 5) is 23.6. The van der Waals surface area contributed by atoms with E-state index < -0.39 is 23.8 Å².